The number of carbonyl (C=O) groups excluding carboxylic acids is 2. The Morgan fingerprint density at radius 3 is 2.02 bits per heavy atom. The molecular weight excluding hydrogens is 565 g/mol. The second-order valence-corrected chi connectivity index (χ2v) is 12.6. The predicted octanol–water partition coefficient (Wildman–Crippen LogP) is 5.53. The molecule has 7 heteroatoms. The molecule has 6 nitrogen and oxygen atoms in total. The molecule has 3 aromatic carbocycles. The number of thiocarbonyl (C=S) groups is 1. The van der Waals surface area contributed by atoms with Crippen LogP contribution in [0, 0.1) is 0 Å². The highest BCUT2D eigenvalue weighted by atomic mass is 32.1. The Morgan fingerprint density at radius 2 is 1.36 bits per heavy atom. The van der Waals surface area contributed by atoms with Gasteiger partial charge in [0.25, 0.3) is 11.8 Å². The van der Waals surface area contributed by atoms with Crippen molar-refractivity contribution in [1.82, 2.24) is 9.80 Å². The molecule has 44 heavy (non-hydrogen) atoms. The lowest BCUT2D eigenvalue weighted by molar-refractivity contribution is -0.836. The third-order valence-electron chi connectivity index (χ3n) is 8.05. The van der Waals surface area contributed by atoms with Gasteiger partial charge in [0.1, 0.15) is 5.57 Å². The summed E-state index contributed by atoms with van der Waals surface area (Å²) < 4.78 is 0. The molecule has 2 amide bonds. The SMILES string of the molecule is CCCN1C(=O)/C(=C\C=C2\N(CCC)c3ccccc3C2(C)Cc2ccc3ccccc3c2)C(=O)N(CC)C1=S.C[NH+](C)C. The monoisotopic (exact) mass is 611 g/mol. The van der Waals surface area contributed by atoms with Crippen LogP contribution in [0.4, 0.5) is 5.69 Å². The first-order valence-corrected chi connectivity index (χ1v) is 16.2. The van der Waals surface area contributed by atoms with Crippen LogP contribution in [-0.2, 0) is 21.4 Å². The quantitative estimate of drug-likeness (QED) is 0.207. The summed E-state index contributed by atoms with van der Waals surface area (Å²) in [5, 5.41) is 2.74. The van der Waals surface area contributed by atoms with Crippen LogP contribution in [0.5, 0.6) is 0 Å². The standard InChI is InChI=1S/C34H37N3O2S.C3H9N/c1-5-20-36-29-15-11-10-14-28(29)34(4,23-24-16-17-25-12-8-9-13-26(25)22-24)30(36)19-18-27-31(38)35(7-3)33(40)37(21-6-2)32(27)39;1-4(2)3/h8-19,22H,5-7,20-21,23H2,1-4H3;1-3H3/p+1/b27-18-,30-19+;. The van der Waals surface area contributed by atoms with Gasteiger partial charge in [-0.3, -0.25) is 19.4 Å². The molecule has 0 saturated carbocycles. The Hall–Kier alpha value is -3.81. The molecule has 3 aromatic rings. The van der Waals surface area contributed by atoms with Crippen LogP contribution < -0.4 is 9.80 Å². The van der Waals surface area contributed by atoms with E-state index in [0.717, 1.165) is 31.5 Å². The van der Waals surface area contributed by atoms with Gasteiger partial charge in [-0.15, -0.1) is 0 Å². The Kier molecular flexibility index (Phi) is 10.8. The van der Waals surface area contributed by atoms with E-state index >= 15 is 0 Å². The molecule has 2 heterocycles. The average molecular weight is 612 g/mol. The van der Waals surface area contributed by atoms with E-state index in [1.54, 1.807) is 11.0 Å². The van der Waals surface area contributed by atoms with Crippen LogP contribution in [0.3, 0.4) is 0 Å². The van der Waals surface area contributed by atoms with Crippen molar-refractivity contribution in [3.05, 3.63) is 101 Å². The number of likely N-dealkylation sites (N-methyl/N-ethyl adjacent to an activating group) is 1. The number of nitrogens with one attached hydrogen (secondary N) is 1. The number of anilines is 1. The van der Waals surface area contributed by atoms with Gasteiger partial charge in [0, 0.05) is 36.4 Å². The summed E-state index contributed by atoms with van der Waals surface area (Å²) in [6.07, 6.45) is 6.26. The number of para-hydroxylation sites is 1. The van der Waals surface area contributed by atoms with E-state index in [9.17, 15) is 9.59 Å². The van der Waals surface area contributed by atoms with E-state index in [1.807, 2.05) is 19.9 Å². The van der Waals surface area contributed by atoms with Gasteiger partial charge in [-0.2, -0.15) is 0 Å². The number of hydrogen-bond donors (Lipinski definition) is 1. The average Bonchev–Trinajstić information content (AvgIpc) is 3.22. The number of carbonyl (C=O) groups is 2. The van der Waals surface area contributed by atoms with Crippen LogP contribution in [0.25, 0.3) is 10.8 Å². The van der Waals surface area contributed by atoms with Gasteiger partial charge < -0.3 is 9.80 Å². The Balaban J connectivity index is 0.00000104. The highest BCUT2D eigenvalue weighted by Crippen LogP contribution is 2.50. The van der Waals surface area contributed by atoms with Gasteiger partial charge in [0.2, 0.25) is 0 Å². The van der Waals surface area contributed by atoms with Gasteiger partial charge in [0.15, 0.2) is 5.11 Å². The first-order chi connectivity index (χ1) is 21.1. The number of hydrogen-bond acceptors (Lipinski definition) is 4. The number of fused-ring (bicyclic) bond motifs is 2. The molecule has 1 saturated heterocycles. The molecule has 0 bridgehead atoms. The van der Waals surface area contributed by atoms with Gasteiger partial charge >= 0.3 is 0 Å². The molecular formula is C37H47N4O2S+. The summed E-state index contributed by atoms with van der Waals surface area (Å²) >= 11 is 5.51. The lowest BCUT2D eigenvalue weighted by Gasteiger charge is -2.36. The smallest absolute Gasteiger partial charge is 0.265 e. The third kappa shape index (κ3) is 6.64. The highest BCUT2D eigenvalue weighted by Gasteiger charge is 2.44. The molecule has 232 valence electrons. The normalized spacial score (nSPS) is 20.2. The van der Waals surface area contributed by atoms with E-state index in [1.165, 1.54) is 37.4 Å². The molecule has 0 spiro atoms. The number of benzene rings is 3. The van der Waals surface area contributed by atoms with Gasteiger partial charge in [-0.25, -0.2) is 0 Å². The summed E-state index contributed by atoms with van der Waals surface area (Å²) in [5.74, 6) is -0.636. The lowest BCUT2D eigenvalue weighted by atomic mass is 9.76. The zero-order valence-electron chi connectivity index (χ0n) is 27.3. The molecule has 2 aliphatic rings. The van der Waals surface area contributed by atoms with E-state index in [4.69, 9.17) is 12.2 Å². The maximum atomic E-state index is 13.5. The topological polar surface area (TPSA) is 48.3 Å². The molecule has 0 aliphatic carbocycles. The third-order valence-corrected chi connectivity index (χ3v) is 8.49. The minimum absolute atomic E-state index is 0.164. The minimum Gasteiger partial charge on any atom is -0.344 e. The summed E-state index contributed by atoms with van der Waals surface area (Å²) in [6.45, 7) is 10.1. The first-order valence-electron chi connectivity index (χ1n) is 15.8. The molecule has 1 unspecified atom stereocenters. The molecule has 2 aliphatic heterocycles. The highest BCUT2D eigenvalue weighted by molar-refractivity contribution is 7.80. The molecule has 5 rings (SSSR count). The van der Waals surface area contributed by atoms with Gasteiger partial charge in [-0.1, -0.05) is 74.5 Å². The number of nitrogens with zero attached hydrogens (tertiary/aromatic N) is 3. The van der Waals surface area contributed by atoms with Gasteiger partial charge in [0.05, 0.1) is 21.1 Å². The largest absolute Gasteiger partial charge is 0.344 e. The fraction of sp³-hybridized carbons (Fsp3) is 0.378. The lowest BCUT2D eigenvalue weighted by Crippen LogP contribution is -3.02. The number of allylic oxidation sites excluding steroid dienone is 3. The van der Waals surface area contributed by atoms with E-state index in [2.05, 4.69) is 107 Å². The summed E-state index contributed by atoms with van der Waals surface area (Å²) in [5.41, 5.74) is 4.59. The maximum Gasteiger partial charge on any atom is 0.265 e. The van der Waals surface area contributed by atoms with E-state index in [-0.39, 0.29) is 22.8 Å². The molecule has 0 radical (unpaired) electrons. The van der Waals surface area contributed by atoms with Crippen molar-refractivity contribution in [2.75, 3.05) is 45.7 Å². The van der Waals surface area contributed by atoms with Crippen molar-refractivity contribution in [1.29, 1.82) is 0 Å². The number of amides is 2. The van der Waals surface area contributed by atoms with Crippen molar-refractivity contribution in [2.45, 2.75) is 52.4 Å². The van der Waals surface area contributed by atoms with Crippen molar-refractivity contribution in [3.63, 3.8) is 0 Å². The fourth-order valence-electron chi connectivity index (χ4n) is 6.13. The Labute approximate surface area is 268 Å². The van der Waals surface area contributed by atoms with Crippen molar-refractivity contribution < 1.29 is 14.5 Å². The van der Waals surface area contributed by atoms with Crippen molar-refractivity contribution in [2.24, 2.45) is 0 Å². The Bertz CT molecular complexity index is 1590. The second kappa shape index (κ2) is 14.3. The molecule has 1 N–H and O–H groups in total. The van der Waals surface area contributed by atoms with Crippen LogP contribution >= 0.6 is 12.2 Å². The summed E-state index contributed by atoms with van der Waals surface area (Å²) in [7, 11) is 6.25. The van der Waals surface area contributed by atoms with E-state index < -0.39 is 0 Å². The predicted molar refractivity (Wildman–Crippen MR) is 186 cm³/mol. The summed E-state index contributed by atoms with van der Waals surface area (Å²) in [4.78, 5) is 33.8. The summed E-state index contributed by atoms with van der Waals surface area (Å²) in [6, 6.07) is 23.7. The number of quaternary nitrogens is 1. The maximum absolute atomic E-state index is 13.5. The molecule has 0 aromatic heterocycles. The first kappa shape index (κ1) is 33.1. The number of rotatable bonds is 8. The minimum atomic E-state index is -0.352. The van der Waals surface area contributed by atoms with Gasteiger partial charge in [-0.05, 0) is 85.4 Å². The fourth-order valence-corrected chi connectivity index (χ4v) is 6.51. The molecule has 1 atom stereocenters. The van der Waals surface area contributed by atoms with E-state index in [0.29, 0.717) is 18.2 Å². The van der Waals surface area contributed by atoms with Crippen LogP contribution in [0.1, 0.15) is 51.7 Å². The Morgan fingerprint density at radius 1 is 0.773 bits per heavy atom. The van der Waals surface area contributed by atoms with Crippen LogP contribution in [0.15, 0.2) is 90.2 Å². The zero-order chi connectivity index (χ0) is 32.0. The van der Waals surface area contributed by atoms with Crippen molar-refractivity contribution in [3.8, 4) is 0 Å². The molecule has 1 fully saturated rings. The van der Waals surface area contributed by atoms with Crippen molar-refractivity contribution >= 4 is 45.6 Å². The van der Waals surface area contributed by atoms with Crippen LogP contribution in [-0.4, -0.2) is 67.5 Å². The second-order valence-electron chi connectivity index (χ2n) is 12.3. The van der Waals surface area contributed by atoms with Crippen LogP contribution in [0.2, 0.25) is 0 Å². The zero-order valence-corrected chi connectivity index (χ0v) is 28.1.